The first kappa shape index (κ1) is 11.8. The fourth-order valence-electron chi connectivity index (χ4n) is 1.60. The first-order valence-electron chi connectivity index (χ1n) is 4.99. The van der Waals surface area contributed by atoms with E-state index in [1.165, 1.54) is 0 Å². The molecule has 0 aromatic heterocycles. The maximum Gasteiger partial charge on any atom is 0.264 e. The number of nitrogens with zero attached hydrogens (tertiary/aromatic N) is 1. The van der Waals surface area contributed by atoms with Crippen molar-refractivity contribution in [2.75, 3.05) is 6.54 Å². The fourth-order valence-corrected chi connectivity index (χ4v) is 1.72. The monoisotopic (exact) mass is 251 g/mol. The van der Waals surface area contributed by atoms with Crippen molar-refractivity contribution in [3.05, 3.63) is 34.9 Å². The summed E-state index contributed by atoms with van der Waals surface area (Å²) in [5.41, 5.74) is 5.88. The Morgan fingerprint density at radius 2 is 1.94 bits per heavy atom. The fraction of sp³-hybridized carbons (Fsp3) is 0.182. The Hall–Kier alpha value is -1.72. The van der Waals surface area contributed by atoms with Crippen molar-refractivity contribution in [1.82, 2.24) is 5.32 Å². The lowest BCUT2D eigenvalue weighted by molar-refractivity contribution is -0.129. The van der Waals surface area contributed by atoms with Gasteiger partial charge in [0.05, 0.1) is 6.54 Å². The largest absolute Gasteiger partial charge is 0.324 e. The van der Waals surface area contributed by atoms with Crippen LogP contribution in [-0.4, -0.2) is 24.2 Å². The Morgan fingerprint density at radius 1 is 1.29 bits per heavy atom. The van der Waals surface area contributed by atoms with E-state index in [1.54, 1.807) is 24.3 Å². The number of aliphatic imine (C=N–C) groups is 1. The third kappa shape index (κ3) is 2.35. The number of halogens is 1. The van der Waals surface area contributed by atoms with Gasteiger partial charge >= 0.3 is 0 Å². The third-order valence-corrected chi connectivity index (χ3v) is 2.67. The molecule has 1 aliphatic heterocycles. The van der Waals surface area contributed by atoms with Crippen LogP contribution in [0.2, 0.25) is 5.02 Å². The van der Waals surface area contributed by atoms with Gasteiger partial charge in [-0.1, -0.05) is 23.7 Å². The van der Waals surface area contributed by atoms with Gasteiger partial charge in [0.15, 0.2) is 0 Å². The number of nitrogens with two attached hydrogens (primary N) is 1. The van der Waals surface area contributed by atoms with Crippen molar-refractivity contribution in [2.24, 2.45) is 10.7 Å². The molecule has 1 aliphatic rings. The third-order valence-electron chi connectivity index (χ3n) is 2.42. The van der Waals surface area contributed by atoms with Crippen LogP contribution >= 0.6 is 11.6 Å². The number of rotatable bonds is 2. The molecule has 1 unspecified atom stereocenters. The molecule has 1 aromatic rings. The summed E-state index contributed by atoms with van der Waals surface area (Å²) >= 11 is 5.74. The van der Waals surface area contributed by atoms with Crippen molar-refractivity contribution >= 4 is 29.3 Å². The summed E-state index contributed by atoms with van der Waals surface area (Å²) in [6, 6.07) is 6.51. The summed E-state index contributed by atoms with van der Waals surface area (Å²) in [6.45, 7) is 0.0326. The van der Waals surface area contributed by atoms with Gasteiger partial charge in [-0.05, 0) is 17.7 Å². The van der Waals surface area contributed by atoms with E-state index >= 15 is 0 Å². The number of amides is 2. The van der Waals surface area contributed by atoms with Gasteiger partial charge in [0, 0.05) is 5.02 Å². The van der Waals surface area contributed by atoms with Crippen LogP contribution in [-0.2, 0) is 9.59 Å². The molecule has 3 N–H and O–H groups in total. The molecule has 0 radical (unpaired) electrons. The molecule has 0 spiro atoms. The normalized spacial score (nSPS) is 19.9. The molecule has 88 valence electrons. The SMILES string of the molecule is NCC1=NC(=O)C(c2ccc(Cl)cc2)C(=O)N1. The van der Waals surface area contributed by atoms with E-state index < -0.39 is 17.7 Å². The number of amidine groups is 1. The summed E-state index contributed by atoms with van der Waals surface area (Å²) in [5.74, 6) is -1.63. The topological polar surface area (TPSA) is 84.5 Å². The van der Waals surface area contributed by atoms with E-state index in [0.29, 0.717) is 10.6 Å². The standard InChI is InChI=1S/C11H10ClN3O2/c12-7-3-1-6(2-4-7)9-10(16)14-8(5-13)15-11(9)17/h1-4,9H,5,13H2,(H,14,15,16,17). The van der Waals surface area contributed by atoms with E-state index in [-0.39, 0.29) is 12.4 Å². The molecule has 2 amide bonds. The molecule has 5 nitrogen and oxygen atoms in total. The van der Waals surface area contributed by atoms with Crippen LogP contribution in [0.25, 0.3) is 0 Å². The molecule has 1 heterocycles. The smallest absolute Gasteiger partial charge is 0.264 e. The van der Waals surface area contributed by atoms with Crippen molar-refractivity contribution in [3.8, 4) is 0 Å². The Balaban J connectivity index is 2.34. The molecule has 6 heteroatoms. The van der Waals surface area contributed by atoms with E-state index in [0.717, 1.165) is 0 Å². The molecular formula is C11H10ClN3O2. The molecule has 1 atom stereocenters. The van der Waals surface area contributed by atoms with Gasteiger partial charge in [0.25, 0.3) is 5.91 Å². The Bertz CT molecular complexity index is 496. The molecule has 0 saturated carbocycles. The highest BCUT2D eigenvalue weighted by atomic mass is 35.5. The van der Waals surface area contributed by atoms with Crippen LogP contribution in [0, 0.1) is 0 Å². The molecule has 1 aromatic carbocycles. The van der Waals surface area contributed by atoms with E-state index in [9.17, 15) is 9.59 Å². The summed E-state index contributed by atoms with van der Waals surface area (Å²) in [4.78, 5) is 27.2. The van der Waals surface area contributed by atoms with Crippen LogP contribution in [0.5, 0.6) is 0 Å². The Kier molecular flexibility index (Phi) is 3.21. The van der Waals surface area contributed by atoms with Crippen molar-refractivity contribution < 1.29 is 9.59 Å². The molecule has 2 rings (SSSR count). The molecule has 0 bridgehead atoms. The summed E-state index contributed by atoms with van der Waals surface area (Å²) in [6.07, 6.45) is 0. The van der Waals surface area contributed by atoms with Gasteiger partial charge in [-0.15, -0.1) is 0 Å². The first-order chi connectivity index (χ1) is 8.11. The summed E-state index contributed by atoms with van der Waals surface area (Å²) < 4.78 is 0. The minimum atomic E-state index is -0.914. The zero-order valence-electron chi connectivity index (χ0n) is 8.81. The second-order valence-corrected chi connectivity index (χ2v) is 4.01. The number of hydrogen-bond acceptors (Lipinski definition) is 3. The summed E-state index contributed by atoms with van der Waals surface area (Å²) in [7, 11) is 0. The highest BCUT2D eigenvalue weighted by Gasteiger charge is 2.32. The lowest BCUT2D eigenvalue weighted by atomic mass is 9.96. The quantitative estimate of drug-likeness (QED) is 0.748. The predicted molar refractivity (Wildman–Crippen MR) is 63.8 cm³/mol. The lowest BCUT2D eigenvalue weighted by Crippen LogP contribution is -2.45. The minimum Gasteiger partial charge on any atom is -0.324 e. The van der Waals surface area contributed by atoms with Gasteiger partial charge in [-0.2, -0.15) is 4.99 Å². The van der Waals surface area contributed by atoms with Crippen LogP contribution in [0.15, 0.2) is 29.3 Å². The maximum absolute atomic E-state index is 11.8. The van der Waals surface area contributed by atoms with Crippen molar-refractivity contribution in [1.29, 1.82) is 0 Å². The number of carbonyl (C=O) groups excluding carboxylic acids is 2. The number of nitrogens with one attached hydrogen (secondary N) is 1. The Labute approximate surface area is 103 Å². The number of hydrogen-bond donors (Lipinski definition) is 2. The van der Waals surface area contributed by atoms with E-state index in [1.807, 2.05) is 0 Å². The molecule has 17 heavy (non-hydrogen) atoms. The second-order valence-electron chi connectivity index (χ2n) is 3.57. The van der Waals surface area contributed by atoms with E-state index in [2.05, 4.69) is 10.3 Å². The van der Waals surface area contributed by atoms with Crippen LogP contribution in [0.1, 0.15) is 11.5 Å². The van der Waals surface area contributed by atoms with Gasteiger partial charge in [0.1, 0.15) is 11.8 Å². The van der Waals surface area contributed by atoms with E-state index in [4.69, 9.17) is 17.3 Å². The van der Waals surface area contributed by atoms with Gasteiger partial charge < -0.3 is 11.1 Å². The molecule has 0 aliphatic carbocycles. The first-order valence-corrected chi connectivity index (χ1v) is 5.37. The molecular weight excluding hydrogens is 242 g/mol. The van der Waals surface area contributed by atoms with Gasteiger partial charge in [0.2, 0.25) is 5.91 Å². The number of benzene rings is 1. The number of carbonyl (C=O) groups is 2. The summed E-state index contributed by atoms with van der Waals surface area (Å²) in [5, 5.41) is 3.04. The van der Waals surface area contributed by atoms with Gasteiger partial charge in [-0.3, -0.25) is 9.59 Å². The maximum atomic E-state index is 11.8. The van der Waals surface area contributed by atoms with Crippen LogP contribution in [0.3, 0.4) is 0 Å². The Morgan fingerprint density at radius 3 is 2.47 bits per heavy atom. The zero-order chi connectivity index (χ0) is 12.4. The minimum absolute atomic E-state index is 0.0326. The lowest BCUT2D eigenvalue weighted by Gasteiger charge is -2.19. The average Bonchev–Trinajstić information content (AvgIpc) is 2.30. The zero-order valence-corrected chi connectivity index (χ0v) is 9.57. The van der Waals surface area contributed by atoms with Crippen molar-refractivity contribution in [2.45, 2.75) is 5.92 Å². The molecule has 0 fully saturated rings. The van der Waals surface area contributed by atoms with Crippen LogP contribution < -0.4 is 11.1 Å². The highest BCUT2D eigenvalue weighted by Crippen LogP contribution is 2.22. The van der Waals surface area contributed by atoms with Crippen molar-refractivity contribution in [3.63, 3.8) is 0 Å². The molecule has 0 saturated heterocycles. The predicted octanol–water partition coefficient (Wildman–Crippen LogP) is 0.437. The van der Waals surface area contributed by atoms with Gasteiger partial charge in [-0.25, -0.2) is 0 Å². The second kappa shape index (κ2) is 4.65. The highest BCUT2D eigenvalue weighted by molar-refractivity contribution is 6.30. The van der Waals surface area contributed by atoms with Crippen LogP contribution in [0.4, 0.5) is 0 Å². The average molecular weight is 252 g/mol.